The van der Waals surface area contributed by atoms with Crippen LogP contribution in [-0.2, 0) is 11.2 Å². The molecule has 2 nitrogen and oxygen atoms in total. The maximum absolute atomic E-state index is 12.7. The third-order valence-electron chi connectivity index (χ3n) is 3.37. The fourth-order valence-electron chi connectivity index (χ4n) is 2.35. The summed E-state index contributed by atoms with van der Waals surface area (Å²) in [6.07, 6.45) is 2.07. The summed E-state index contributed by atoms with van der Waals surface area (Å²) < 4.78 is 18.2. The van der Waals surface area contributed by atoms with Gasteiger partial charge in [0.25, 0.3) is 0 Å². The molecule has 1 aromatic carbocycles. The lowest BCUT2D eigenvalue weighted by Crippen LogP contribution is -2.36. The predicted molar refractivity (Wildman–Crippen MR) is 61.6 cm³/mol. The molecule has 0 aromatic heterocycles. The highest BCUT2D eigenvalue weighted by atomic mass is 19.1. The molecule has 1 aliphatic heterocycles. The average Bonchev–Trinajstić information content (AvgIpc) is 2.68. The van der Waals surface area contributed by atoms with Crippen molar-refractivity contribution in [2.75, 3.05) is 6.61 Å². The Kier molecular flexibility index (Phi) is 3.56. The van der Waals surface area contributed by atoms with E-state index < -0.39 is 0 Å². The van der Waals surface area contributed by atoms with Crippen LogP contribution in [-0.4, -0.2) is 18.8 Å². The van der Waals surface area contributed by atoms with Gasteiger partial charge in [-0.3, -0.25) is 0 Å². The Bertz CT molecular complexity index is 338. The predicted octanol–water partition coefficient (Wildman–Crippen LogP) is 2.12. The molecule has 0 bridgehead atoms. The lowest BCUT2D eigenvalue weighted by atomic mass is 9.90. The lowest BCUT2D eigenvalue weighted by molar-refractivity contribution is 0.0995. The summed E-state index contributed by atoms with van der Waals surface area (Å²) in [4.78, 5) is 0. The molecule has 1 saturated heterocycles. The largest absolute Gasteiger partial charge is 0.378 e. The van der Waals surface area contributed by atoms with Crippen molar-refractivity contribution >= 4 is 0 Å². The quantitative estimate of drug-likeness (QED) is 0.852. The number of hydrogen-bond donors (Lipinski definition) is 1. The van der Waals surface area contributed by atoms with Crippen LogP contribution in [0.3, 0.4) is 0 Å². The summed E-state index contributed by atoms with van der Waals surface area (Å²) in [5, 5.41) is 0. The van der Waals surface area contributed by atoms with Crippen LogP contribution in [0, 0.1) is 11.7 Å². The Morgan fingerprint density at radius 3 is 2.69 bits per heavy atom. The van der Waals surface area contributed by atoms with E-state index in [1.807, 2.05) is 0 Å². The molecule has 0 saturated carbocycles. The standard InChI is InChI=1S/C13H18FNO/c1-9-12(6-7-16-9)13(15)8-10-2-4-11(14)5-3-10/h2-5,9,12-13H,6-8,15H2,1H3. The van der Waals surface area contributed by atoms with Crippen LogP contribution in [0.5, 0.6) is 0 Å². The maximum Gasteiger partial charge on any atom is 0.123 e. The van der Waals surface area contributed by atoms with Crippen LogP contribution in [0.1, 0.15) is 18.9 Å². The van der Waals surface area contributed by atoms with Gasteiger partial charge in [-0.2, -0.15) is 0 Å². The SMILES string of the molecule is CC1OCCC1C(N)Cc1ccc(F)cc1. The van der Waals surface area contributed by atoms with E-state index in [1.54, 1.807) is 12.1 Å². The van der Waals surface area contributed by atoms with Gasteiger partial charge in [0.15, 0.2) is 0 Å². The number of benzene rings is 1. The normalized spacial score (nSPS) is 26.9. The van der Waals surface area contributed by atoms with E-state index in [2.05, 4.69) is 6.92 Å². The minimum absolute atomic E-state index is 0.1000. The highest BCUT2D eigenvalue weighted by molar-refractivity contribution is 5.17. The van der Waals surface area contributed by atoms with Crippen LogP contribution in [0.15, 0.2) is 24.3 Å². The van der Waals surface area contributed by atoms with Gasteiger partial charge in [-0.25, -0.2) is 4.39 Å². The summed E-state index contributed by atoms with van der Waals surface area (Å²) in [7, 11) is 0. The third kappa shape index (κ3) is 2.60. The number of hydrogen-bond acceptors (Lipinski definition) is 2. The molecule has 0 aliphatic carbocycles. The molecule has 3 atom stereocenters. The minimum atomic E-state index is -0.199. The van der Waals surface area contributed by atoms with E-state index >= 15 is 0 Å². The lowest BCUT2D eigenvalue weighted by Gasteiger charge is -2.21. The molecule has 1 aromatic rings. The molecule has 3 unspecified atom stereocenters. The highest BCUT2D eigenvalue weighted by Crippen LogP contribution is 2.24. The summed E-state index contributed by atoms with van der Waals surface area (Å²) in [6.45, 7) is 2.88. The molecular formula is C13H18FNO. The zero-order chi connectivity index (χ0) is 11.5. The molecule has 16 heavy (non-hydrogen) atoms. The summed E-state index contributed by atoms with van der Waals surface area (Å²) in [5.74, 6) is 0.222. The summed E-state index contributed by atoms with van der Waals surface area (Å²) in [6, 6.07) is 6.67. The second-order valence-corrected chi connectivity index (χ2v) is 4.52. The first-order valence-electron chi connectivity index (χ1n) is 5.78. The molecule has 2 N–H and O–H groups in total. The molecule has 1 heterocycles. The van der Waals surface area contributed by atoms with Gasteiger partial charge >= 0.3 is 0 Å². The van der Waals surface area contributed by atoms with Crippen molar-refractivity contribution in [3.63, 3.8) is 0 Å². The van der Waals surface area contributed by atoms with Gasteiger partial charge < -0.3 is 10.5 Å². The van der Waals surface area contributed by atoms with Crippen molar-refractivity contribution in [1.82, 2.24) is 0 Å². The van der Waals surface area contributed by atoms with Crippen molar-refractivity contribution in [3.05, 3.63) is 35.6 Å². The third-order valence-corrected chi connectivity index (χ3v) is 3.37. The number of ether oxygens (including phenoxy) is 1. The van der Waals surface area contributed by atoms with E-state index in [0.717, 1.165) is 25.0 Å². The second kappa shape index (κ2) is 4.93. The zero-order valence-electron chi connectivity index (χ0n) is 9.53. The number of rotatable bonds is 3. The Morgan fingerprint density at radius 2 is 2.12 bits per heavy atom. The van der Waals surface area contributed by atoms with Crippen LogP contribution in [0.4, 0.5) is 4.39 Å². The molecule has 0 spiro atoms. The zero-order valence-corrected chi connectivity index (χ0v) is 9.53. The Morgan fingerprint density at radius 1 is 1.44 bits per heavy atom. The van der Waals surface area contributed by atoms with E-state index in [4.69, 9.17) is 10.5 Å². The fourth-order valence-corrected chi connectivity index (χ4v) is 2.35. The number of nitrogens with two attached hydrogens (primary N) is 1. The first kappa shape index (κ1) is 11.6. The molecule has 0 radical (unpaired) electrons. The Labute approximate surface area is 95.6 Å². The summed E-state index contributed by atoms with van der Waals surface area (Å²) >= 11 is 0. The molecule has 3 heteroatoms. The van der Waals surface area contributed by atoms with Crippen molar-refractivity contribution < 1.29 is 9.13 Å². The van der Waals surface area contributed by atoms with Crippen molar-refractivity contribution in [3.8, 4) is 0 Å². The topological polar surface area (TPSA) is 35.2 Å². The molecule has 1 aliphatic rings. The molecule has 2 rings (SSSR count). The molecule has 88 valence electrons. The smallest absolute Gasteiger partial charge is 0.123 e. The molecule has 1 fully saturated rings. The van der Waals surface area contributed by atoms with Gasteiger partial charge in [0.2, 0.25) is 0 Å². The van der Waals surface area contributed by atoms with Crippen molar-refractivity contribution in [2.24, 2.45) is 11.7 Å². The van der Waals surface area contributed by atoms with Crippen molar-refractivity contribution in [2.45, 2.75) is 31.9 Å². The monoisotopic (exact) mass is 223 g/mol. The maximum atomic E-state index is 12.7. The van der Waals surface area contributed by atoms with Crippen LogP contribution < -0.4 is 5.73 Å². The Balaban J connectivity index is 1.96. The van der Waals surface area contributed by atoms with Gasteiger partial charge in [0.1, 0.15) is 5.82 Å². The fraction of sp³-hybridized carbons (Fsp3) is 0.538. The van der Waals surface area contributed by atoms with E-state index in [0.29, 0.717) is 5.92 Å². The van der Waals surface area contributed by atoms with Crippen LogP contribution in [0.2, 0.25) is 0 Å². The Hall–Kier alpha value is -0.930. The first-order chi connectivity index (χ1) is 7.66. The van der Waals surface area contributed by atoms with Crippen LogP contribution in [0.25, 0.3) is 0 Å². The number of halogens is 1. The minimum Gasteiger partial charge on any atom is -0.378 e. The molecule has 0 amide bonds. The highest BCUT2D eigenvalue weighted by Gasteiger charge is 2.29. The van der Waals surface area contributed by atoms with E-state index in [1.165, 1.54) is 12.1 Å². The van der Waals surface area contributed by atoms with E-state index in [9.17, 15) is 4.39 Å². The summed E-state index contributed by atoms with van der Waals surface area (Å²) in [5.41, 5.74) is 7.26. The van der Waals surface area contributed by atoms with Gasteiger partial charge in [0, 0.05) is 18.6 Å². The van der Waals surface area contributed by atoms with Gasteiger partial charge in [-0.1, -0.05) is 12.1 Å². The van der Waals surface area contributed by atoms with Crippen molar-refractivity contribution in [1.29, 1.82) is 0 Å². The van der Waals surface area contributed by atoms with Gasteiger partial charge in [0.05, 0.1) is 6.10 Å². The second-order valence-electron chi connectivity index (χ2n) is 4.52. The van der Waals surface area contributed by atoms with Gasteiger partial charge in [-0.05, 0) is 37.5 Å². The van der Waals surface area contributed by atoms with E-state index in [-0.39, 0.29) is 18.0 Å². The first-order valence-corrected chi connectivity index (χ1v) is 5.78. The van der Waals surface area contributed by atoms with Gasteiger partial charge in [-0.15, -0.1) is 0 Å². The van der Waals surface area contributed by atoms with Crippen LogP contribution >= 0.6 is 0 Å². The molecular weight excluding hydrogens is 205 g/mol. The average molecular weight is 223 g/mol.